The fraction of sp³-hybridized carbons (Fsp3) is 0.0588. The van der Waals surface area contributed by atoms with Crippen molar-refractivity contribution in [1.29, 1.82) is 0 Å². The number of ether oxygens (including phenoxy) is 1. The third-order valence-corrected chi connectivity index (χ3v) is 3.76. The maximum atomic E-state index is 6.30. The molecule has 0 saturated heterocycles. The minimum atomic E-state index is 0.392. The smallest absolute Gasteiger partial charge is 0.148 e. The van der Waals surface area contributed by atoms with Gasteiger partial charge in [0.1, 0.15) is 25.0 Å². The lowest BCUT2D eigenvalue weighted by molar-refractivity contribution is 0.265. The Balaban J connectivity index is 1.94. The van der Waals surface area contributed by atoms with E-state index in [0.29, 0.717) is 28.0 Å². The molecule has 1 aromatic heterocycles. The van der Waals surface area contributed by atoms with E-state index in [1.807, 2.05) is 30.3 Å². The van der Waals surface area contributed by atoms with Crippen LogP contribution >= 0.6 is 23.2 Å². The molecule has 2 aromatic carbocycles. The van der Waals surface area contributed by atoms with Crippen molar-refractivity contribution in [1.82, 2.24) is 14.8 Å². The van der Waals surface area contributed by atoms with Crippen LogP contribution in [0.2, 0.25) is 10.0 Å². The van der Waals surface area contributed by atoms with Crippen molar-refractivity contribution in [2.24, 2.45) is 0 Å². The minimum absolute atomic E-state index is 0.392. The van der Waals surface area contributed by atoms with E-state index in [4.69, 9.17) is 27.9 Å². The van der Waals surface area contributed by atoms with E-state index in [1.165, 1.54) is 6.33 Å². The highest BCUT2D eigenvalue weighted by molar-refractivity contribution is 6.37. The summed E-state index contributed by atoms with van der Waals surface area (Å²) in [6.45, 7) is 0.392. The summed E-state index contributed by atoms with van der Waals surface area (Å²) in [4.78, 5) is 3.92. The molecule has 0 atom stereocenters. The molecule has 0 radical (unpaired) electrons. The van der Waals surface area contributed by atoms with Gasteiger partial charge in [-0.05, 0) is 17.7 Å². The SMILES string of the molecule is Clc1cccc(Cl)c1C(=Cn1cncn1)OCc1ccccc1. The lowest BCUT2D eigenvalue weighted by Gasteiger charge is -2.13. The van der Waals surface area contributed by atoms with Crippen molar-refractivity contribution < 1.29 is 4.74 Å². The van der Waals surface area contributed by atoms with Crippen LogP contribution in [-0.2, 0) is 11.3 Å². The largest absolute Gasteiger partial charge is 0.487 e. The predicted octanol–water partition coefficient (Wildman–Crippen LogP) is 4.76. The Morgan fingerprint density at radius 2 is 1.78 bits per heavy atom. The number of hydrogen-bond donors (Lipinski definition) is 0. The van der Waals surface area contributed by atoms with Crippen LogP contribution < -0.4 is 0 Å². The second kappa shape index (κ2) is 7.31. The summed E-state index contributed by atoms with van der Waals surface area (Å²) in [5, 5.41) is 5.08. The number of benzene rings is 2. The maximum Gasteiger partial charge on any atom is 0.148 e. The van der Waals surface area contributed by atoms with Crippen LogP contribution in [-0.4, -0.2) is 14.8 Å². The van der Waals surface area contributed by atoms with E-state index >= 15 is 0 Å². The quantitative estimate of drug-likeness (QED) is 0.626. The molecule has 0 aliphatic rings. The van der Waals surface area contributed by atoms with Crippen LogP contribution in [0.1, 0.15) is 11.1 Å². The van der Waals surface area contributed by atoms with Gasteiger partial charge in [-0.25, -0.2) is 9.67 Å². The van der Waals surface area contributed by atoms with Gasteiger partial charge in [-0.2, -0.15) is 5.10 Å². The van der Waals surface area contributed by atoms with Crippen molar-refractivity contribution in [3.63, 3.8) is 0 Å². The van der Waals surface area contributed by atoms with Crippen LogP contribution in [0.3, 0.4) is 0 Å². The highest BCUT2D eigenvalue weighted by atomic mass is 35.5. The summed E-state index contributed by atoms with van der Waals surface area (Å²) in [5.41, 5.74) is 1.67. The molecule has 0 aliphatic heterocycles. The van der Waals surface area contributed by atoms with Gasteiger partial charge in [0.15, 0.2) is 0 Å². The molecule has 0 saturated carbocycles. The number of hydrogen-bond acceptors (Lipinski definition) is 3. The first-order chi connectivity index (χ1) is 11.2. The summed E-state index contributed by atoms with van der Waals surface area (Å²) < 4.78 is 7.49. The van der Waals surface area contributed by atoms with Crippen LogP contribution in [0, 0.1) is 0 Å². The van der Waals surface area contributed by atoms with Gasteiger partial charge in [0.2, 0.25) is 0 Å². The van der Waals surface area contributed by atoms with Crippen LogP contribution in [0.25, 0.3) is 12.0 Å². The Bertz CT molecular complexity index is 782. The van der Waals surface area contributed by atoms with Crippen molar-refractivity contribution >= 4 is 35.2 Å². The number of halogens is 2. The lowest BCUT2D eigenvalue weighted by Crippen LogP contribution is -1.98. The summed E-state index contributed by atoms with van der Waals surface area (Å²) >= 11 is 12.6. The molecule has 0 amide bonds. The molecule has 1 heterocycles. The monoisotopic (exact) mass is 345 g/mol. The molecule has 0 unspecified atom stereocenters. The van der Waals surface area contributed by atoms with Gasteiger partial charge in [0, 0.05) is 0 Å². The van der Waals surface area contributed by atoms with Gasteiger partial charge < -0.3 is 4.74 Å². The standard InChI is InChI=1S/C17H13Cl2N3O/c18-14-7-4-8-15(19)17(14)16(9-22-12-20-11-21-22)23-10-13-5-2-1-3-6-13/h1-9,11-12H,10H2. The Labute approximate surface area is 143 Å². The highest BCUT2D eigenvalue weighted by Gasteiger charge is 2.13. The molecule has 0 fully saturated rings. The van der Waals surface area contributed by atoms with Crippen molar-refractivity contribution in [2.45, 2.75) is 6.61 Å². The molecule has 0 aliphatic carbocycles. The van der Waals surface area contributed by atoms with E-state index < -0.39 is 0 Å². The Morgan fingerprint density at radius 3 is 2.43 bits per heavy atom. The molecule has 23 heavy (non-hydrogen) atoms. The summed E-state index contributed by atoms with van der Waals surface area (Å²) in [5.74, 6) is 0.523. The first kappa shape index (κ1) is 15.6. The lowest BCUT2D eigenvalue weighted by atomic mass is 10.2. The third kappa shape index (κ3) is 3.92. The van der Waals surface area contributed by atoms with Crippen molar-refractivity contribution in [2.75, 3.05) is 0 Å². The van der Waals surface area contributed by atoms with Crippen molar-refractivity contribution in [3.05, 3.63) is 82.4 Å². The van der Waals surface area contributed by atoms with Gasteiger partial charge in [0.25, 0.3) is 0 Å². The van der Waals surface area contributed by atoms with Gasteiger partial charge in [-0.1, -0.05) is 59.6 Å². The normalized spacial score (nSPS) is 11.5. The fourth-order valence-corrected chi connectivity index (χ4v) is 2.63. The van der Waals surface area contributed by atoms with Crippen LogP contribution in [0.15, 0.2) is 61.2 Å². The molecule has 0 bridgehead atoms. The molecule has 116 valence electrons. The van der Waals surface area contributed by atoms with Crippen LogP contribution in [0.5, 0.6) is 0 Å². The maximum absolute atomic E-state index is 6.30. The zero-order valence-corrected chi connectivity index (χ0v) is 13.6. The average Bonchev–Trinajstić information content (AvgIpc) is 3.06. The highest BCUT2D eigenvalue weighted by Crippen LogP contribution is 2.32. The topological polar surface area (TPSA) is 39.9 Å². The number of rotatable bonds is 5. The average molecular weight is 346 g/mol. The van der Waals surface area contributed by atoms with E-state index in [9.17, 15) is 0 Å². The van der Waals surface area contributed by atoms with Crippen LogP contribution in [0.4, 0.5) is 0 Å². The Morgan fingerprint density at radius 1 is 1.04 bits per heavy atom. The molecular weight excluding hydrogens is 333 g/mol. The molecule has 3 aromatic rings. The minimum Gasteiger partial charge on any atom is -0.487 e. The fourth-order valence-electron chi connectivity index (χ4n) is 2.05. The van der Waals surface area contributed by atoms with Gasteiger partial charge in [0.05, 0.1) is 21.8 Å². The zero-order valence-electron chi connectivity index (χ0n) is 12.1. The predicted molar refractivity (Wildman–Crippen MR) is 91.9 cm³/mol. The third-order valence-electron chi connectivity index (χ3n) is 3.13. The van der Waals surface area contributed by atoms with Gasteiger partial charge in [-0.3, -0.25) is 0 Å². The summed E-state index contributed by atoms with van der Waals surface area (Å²) in [7, 11) is 0. The molecule has 6 heteroatoms. The van der Waals surface area contributed by atoms with Gasteiger partial charge >= 0.3 is 0 Å². The first-order valence-electron chi connectivity index (χ1n) is 6.91. The van der Waals surface area contributed by atoms with E-state index in [0.717, 1.165) is 5.56 Å². The number of aromatic nitrogens is 3. The summed E-state index contributed by atoms with van der Waals surface area (Å²) in [6.07, 6.45) is 4.71. The molecular formula is C17H13Cl2N3O. The van der Waals surface area contributed by atoms with E-state index in [2.05, 4.69) is 10.1 Å². The zero-order chi connectivity index (χ0) is 16.1. The molecule has 0 N–H and O–H groups in total. The Kier molecular flexibility index (Phi) is 4.95. The molecule has 0 spiro atoms. The molecule has 3 rings (SSSR count). The summed E-state index contributed by atoms with van der Waals surface area (Å²) in [6, 6.07) is 15.2. The van der Waals surface area contributed by atoms with Crippen molar-refractivity contribution in [3.8, 4) is 0 Å². The number of nitrogens with zero attached hydrogens (tertiary/aromatic N) is 3. The Hall–Kier alpha value is -2.30. The van der Waals surface area contributed by atoms with E-state index in [-0.39, 0.29) is 0 Å². The first-order valence-corrected chi connectivity index (χ1v) is 7.66. The van der Waals surface area contributed by atoms with E-state index in [1.54, 1.807) is 35.4 Å². The molecule has 4 nitrogen and oxygen atoms in total. The second-order valence-corrected chi connectivity index (χ2v) is 5.55. The van der Waals surface area contributed by atoms with Gasteiger partial charge in [-0.15, -0.1) is 0 Å². The second-order valence-electron chi connectivity index (χ2n) is 4.74.